The lowest BCUT2D eigenvalue weighted by molar-refractivity contribution is -0.697. The van der Waals surface area contributed by atoms with Crippen LogP contribution in [0.25, 0.3) is 0 Å². The maximum Gasteiger partial charge on any atom is 0.243 e. The quantitative estimate of drug-likeness (QED) is 0.187. The molecule has 152 valence electrons. The first kappa shape index (κ1) is 23.2. The number of nitrogens with zero attached hydrogens (tertiary/aromatic N) is 2. The van der Waals surface area contributed by atoms with Crippen molar-refractivity contribution < 1.29 is 4.57 Å². The molecule has 0 aromatic carbocycles. The van der Waals surface area contributed by atoms with Crippen LogP contribution < -0.4 is 4.57 Å². The maximum atomic E-state index is 2.37. The van der Waals surface area contributed by atoms with Crippen molar-refractivity contribution in [3.63, 3.8) is 0 Å². The summed E-state index contributed by atoms with van der Waals surface area (Å²) in [5, 5.41) is 0. The molecule has 0 saturated heterocycles. The van der Waals surface area contributed by atoms with E-state index in [9.17, 15) is 0 Å². The second kappa shape index (κ2) is 16.4. The molecule has 0 fully saturated rings. The molecule has 2 nitrogen and oxygen atoms in total. The molecule has 0 saturated carbocycles. The zero-order valence-corrected chi connectivity index (χ0v) is 18.2. The molecule has 1 atom stereocenters. The molecule has 0 spiro atoms. The molecule has 0 aliphatic carbocycles. The van der Waals surface area contributed by atoms with E-state index in [0.717, 1.165) is 0 Å². The minimum absolute atomic E-state index is 0.637. The highest BCUT2D eigenvalue weighted by atomic mass is 15.1. The van der Waals surface area contributed by atoms with Gasteiger partial charge in [0.05, 0.1) is 12.6 Å². The lowest BCUT2D eigenvalue weighted by Crippen LogP contribution is -2.31. The van der Waals surface area contributed by atoms with E-state index < -0.39 is 0 Å². The van der Waals surface area contributed by atoms with Gasteiger partial charge in [0.1, 0.15) is 12.4 Å². The van der Waals surface area contributed by atoms with E-state index in [-0.39, 0.29) is 0 Å². The highest BCUT2D eigenvalue weighted by Gasteiger charge is 2.10. The molecule has 0 bridgehead atoms. The molecule has 1 heterocycles. The number of aryl methyl sites for hydroxylation is 1. The fraction of sp³-hybridized carbons (Fsp3) is 0.875. The average Bonchev–Trinajstić information content (AvgIpc) is 3.11. The second-order valence-corrected chi connectivity index (χ2v) is 8.33. The van der Waals surface area contributed by atoms with E-state index in [4.69, 9.17) is 0 Å². The lowest BCUT2D eigenvalue weighted by atomic mass is 10.0. The molecule has 1 aromatic rings. The third-order valence-electron chi connectivity index (χ3n) is 5.70. The van der Waals surface area contributed by atoms with E-state index in [2.05, 4.69) is 48.6 Å². The molecule has 1 rings (SSSR count). The van der Waals surface area contributed by atoms with Crippen LogP contribution in [0.1, 0.15) is 130 Å². The molecule has 1 aromatic heterocycles. The molecule has 26 heavy (non-hydrogen) atoms. The standard InChI is InChI=1S/C24H47N2/c1-4-6-7-8-9-10-11-12-13-14-15-16-17-18-20-25-21-22-26(23-25)24(3)19-5-2/h21-24H,4-20H2,1-3H3/q+1. The Balaban J connectivity index is 1.86. The summed E-state index contributed by atoms with van der Waals surface area (Å²) in [4.78, 5) is 0. The molecule has 0 radical (unpaired) electrons. The molecular weight excluding hydrogens is 316 g/mol. The Morgan fingerprint density at radius 2 is 1.19 bits per heavy atom. The zero-order valence-electron chi connectivity index (χ0n) is 18.2. The van der Waals surface area contributed by atoms with Crippen LogP contribution in [0.4, 0.5) is 0 Å². The first-order valence-corrected chi connectivity index (χ1v) is 11.8. The summed E-state index contributed by atoms with van der Waals surface area (Å²) in [6.07, 6.45) is 29.4. The normalized spacial score (nSPS) is 12.6. The zero-order chi connectivity index (χ0) is 18.9. The van der Waals surface area contributed by atoms with E-state index in [1.807, 2.05) is 0 Å². The van der Waals surface area contributed by atoms with Crippen molar-refractivity contribution in [1.29, 1.82) is 0 Å². The summed E-state index contributed by atoms with van der Waals surface area (Å²) < 4.78 is 4.74. The highest BCUT2D eigenvalue weighted by Crippen LogP contribution is 2.13. The number of hydrogen-bond donors (Lipinski definition) is 0. The van der Waals surface area contributed by atoms with Crippen molar-refractivity contribution in [3.8, 4) is 0 Å². The Kier molecular flexibility index (Phi) is 14.7. The van der Waals surface area contributed by atoms with Gasteiger partial charge in [-0.15, -0.1) is 0 Å². The van der Waals surface area contributed by atoms with Crippen LogP contribution in [0.15, 0.2) is 18.7 Å². The van der Waals surface area contributed by atoms with Gasteiger partial charge in [-0.1, -0.05) is 97.3 Å². The van der Waals surface area contributed by atoms with E-state index in [1.165, 1.54) is 109 Å². The van der Waals surface area contributed by atoms with Crippen molar-refractivity contribution in [3.05, 3.63) is 18.7 Å². The minimum atomic E-state index is 0.637. The summed E-state index contributed by atoms with van der Waals surface area (Å²) in [6, 6.07) is 0.637. The van der Waals surface area contributed by atoms with Gasteiger partial charge in [0, 0.05) is 0 Å². The molecule has 0 N–H and O–H groups in total. The van der Waals surface area contributed by atoms with Crippen LogP contribution >= 0.6 is 0 Å². The number of rotatable bonds is 18. The summed E-state index contributed by atoms with van der Waals surface area (Å²) in [7, 11) is 0. The van der Waals surface area contributed by atoms with E-state index >= 15 is 0 Å². The molecular formula is C24H47N2+. The topological polar surface area (TPSA) is 8.81 Å². The van der Waals surface area contributed by atoms with Crippen molar-refractivity contribution in [2.24, 2.45) is 0 Å². The SMILES string of the molecule is CCCCCCCCCCCCCCCC[n+]1ccn(C(C)CCC)c1. The van der Waals surface area contributed by atoms with Crippen LogP contribution in [0.5, 0.6) is 0 Å². The van der Waals surface area contributed by atoms with Gasteiger partial charge in [0.25, 0.3) is 0 Å². The fourth-order valence-electron chi connectivity index (χ4n) is 3.86. The fourth-order valence-corrected chi connectivity index (χ4v) is 3.86. The number of imidazole rings is 1. The van der Waals surface area contributed by atoms with Crippen molar-refractivity contribution in [1.82, 2.24) is 4.57 Å². The average molecular weight is 364 g/mol. The van der Waals surface area contributed by atoms with Gasteiger partial charge in [0.2, 0.25) is 6.33 Å². The Bertz CT molecular complexity index is 410. The van der Waals surface area contributed by atoms with Gasteiger partial charge in [-0.3, -0.25) is 0 Å². The van der Waals surface area contributed by atoms with Gasteiger partial charge in [-0.05, 0) is 26.2 Å². The summed E-state index contributed by atoms with van der Waals surface area (Å²) >= 11 is 0. The largest absolute Gasteiger partial charge is 0.243 e. The third kappa shape index (κ3) is 11.8. The van der Waals surface area contributed by atoms with Gasteiger partial charge in [-0.2, -0.15) is 0 Å². The molecule has 0 aliphatic rings. The minimum Gasteiger partial charge on any atom is -0.237 e. The third-order valence-corrected chi connectivity index (χ3v) is 5.70. The van der Waals surface area contributed by atoms with Crippen LogP contribution in [0.3, 0.4) is 0 Å². The lowest BCUT2D eigenvalue weighted by Gasteiger charge is -2.05. The van der Waals surface area contributed by atoms with Gasteiger partial charge < -0.3 is 0 Å². The van der Waals surface area contributed by atoms with Crippen molar-refractivity contribution in [2.45, 2.75) is 136 Å². The molecule has 2 heteroatoms. The molecule has 0 amide bonds. The predicted octanol–water partition coefficient (Wildman–Crippen LogP) is 7.62. The molecule has 1 unspecified atom stereocenters. The Hall–Kier alpha value is -0.790. The number of hydrogen-bond acceptors (Lipinski definition) is 0. The first-order valence-electron chi connectivity index (χ1n) is 11.8. The van der Waals surface area contributed by atoms with E-state index in [1.54, 1.807) is 0 Å². The molecule has 0 aliphatic heterocycles. The van der Waals surface area contributed by atoms with Gasteiger partial charge >= 0.3 is 0 Å². The van der Waals surface area contributed by atoms with Crippen LogP contribution in [-0.4, -0.2) is 4.57 Å². The van der Waals surface area contributed by atoms with Gasteiger partial charge in [-0.25, -0.2) is 9.13 Å². The Morgan fingerprint density at radius 3 is 1.69 bits per heavy atom. The Labute approximate surface area is 164 Å². The Morgan fingerprint density at radius 1 is 0.692 bits per heavy atom. The van der Waals surface area contributed by atoms with Crippen LogP contribution in [0, 0.1) is 0 Å². The van der Waals surface area contributed by atoms with Crippen LogP contribution in [0.2, 0.25) is 0 Å². The smallest absolute Gasteiger partial charge is 0.237 e. The van der Waals surface area contributed by atoms with Crippen molar-refractivity contribution >= 4 is 0 Å². The van der Waals surface area contributed by atoms with Crippen LogP contribution in [-0.2, 0) is 6.54 Å². The van der Waals surface area contributed by atoms with E-state index in [0.29, 0.717) is 6.04 Å². The second-order valence-electron chi connectivity index (χ2n) is 8.33. The highest BCUT2D eigenvalue weighted by molar-refractivity contribution is 4.72. The summed E-state index contributed by atoms with van der Waals surface area (Å²) in [5.74, 6) is 0. The first-order chi connectivity index (χ1) is 12.8. The number of aromatic nitrogens is 2. The summed E-state index contributed by atoms with van der Waals surface area (Å²) in [5.41, 5.74) is 0. The van der Waals surface area contributed by atoms with Gasteiger partial charge in [0.15, 0.2) is 0 Å². The maximum absolute atomic E-state index is 2.37. The number of unbranched alkanes of at least 4 members (excludes halogenated alkanes) is 13. The monoisotopic (exact) mass is 363 g/mol. The predicted molar refractivity (Wildman–Crippen MR) is 115 cm³/mol. The summed E-state index contributed by atoms with van der Waals surface area (Å²) in [6.45, 7) is 8.07. The van der Waals surface area contributed by atoms with Crippen molar-refractivity contribution in [2.75, 3.05) is 0 Å².